The van der Waals surface area contributed by atoms with E-state index in [0.29, 0.717) is 13.0 Å². The number of carboxylic acids is 1. The second-order valence-electron chi connectivity index (χ2n) is 2.88. The van der Waals surface area contributed by atoms with Crippen LogP contribution in [-0.2, 0) is 9.63 Å². The molecule has 1 aromatic heterocycles. The minimum atomic E-state index is -1.54. The highest BCUT2D eigenvalue weighted by atomic mass is 35.5. The van der Waals surface area contributed by atoms with Crippen molar-refractivity contribution < 1.29 is 14.7 Å². The predicted octanol–water partition coefficient (Wildman–Crippen LogP) is -0.802. The van der Waals surface area contributed by atoms with E-state index in [1.165, 1.54) is 0 Å². The molecule has 94 valence electrons. The summed E-state index contributed by atoms with van der Waals surface area (Å²) < 4.78 is 0.118. The maximum absolute atomic E-state index is 10.8. The monoisotopic (exact) mass is 277 g/mol. The summed E-state index contributed by atoms with van der Waals surface area (Å²) >= 11 is 6.70. The average Bonchev–Trinajstić information content (AvgIpc) is 2.57. The van der Waals surface area contributed by atoms with Crippen LogP contribution in [0.25, 0.3) is 0 Å². The number of rotatable bonds is 6. The first-order chi connectivity index (χ1) is 8.06. The van der Waals surface area contributed by atoms with Crippen LogP contribution in [0.15, 0.2) is 5.16 Å². The number of carboxylic acid groups (broad SMARTS) is 1. The van der Waals surface area contributed by atoms with Crippen LogP contribution in [0.4, 0.5) is 5.13 Å². The maximum Gasteiger partial charge on any atom is 0.182 e. The first kappa shape index (κ1) is 13.7. The number of halogens is 1. The van der Waals surface area contributed by atoms with Crippen molar-refractivity contribution in [3.05, 3.63) is 10.0 Å². The van der Waals surface area contributed by atoms with Crippen molar-refractivity contribution in [2.24, 2.45) is 10.9 Å². The van der Waals surface area contributed by atoms with Crippen molar-refractivity contribution in [3.8, 4) is 0 Å². The Morgan fingerprint density at radius 3 is 2.82 bits per heavy atom. The number of aliphatic carboxylic acids is 1. The van der Waals surface area contributed by atoms with Gasteiger partial charge >= 0.3 is 0 Å². The molecule has 0 bridgehead atoms. The van der Waals surface area contributed by atoms with Crippen molar-refractivity contribution in [2.45, 2.75) is 6.42 Å². The Morgan fingerprint density at radius 2 is 2.35 bits per heavy atom. The van der Waals surface area contributed by atoms with E-state index in [0.717, 1.165) is 11.3 Å². The number of hydrogen-bond acceptors (Lipinski definition) is 8. The molecule has 0 spiro atoms. The van der Waals surface area contributed by atoms with Crippen LogP contribution in [0.1, 0.15) is 12.1 Å². The molecule has 0 radical (unpaired) electrons. The summed E-state index contributed by atoms with van der Waals surface area (Å²) in [4.78, 5) is 19.4. The number of thiazole rings is 1. The third-order valence-electron chi connectivity index (χ3n) is 1.62. The number of nitrogen functional groups attached to an aromatic ring is 1. The average molecular weight is 278 g/mol. The van der Waals surface area contributed by atoms with E-state index in [2.05, 4.69) is 10.1 Å². The largest absolute Gasteiger partial charge is 0.543 e. The van der Waals surface area contributed by atoms with Gasteiger partial charge in [0.15, 0.2) is 10.8 Å². The molecular weight excluding hydrogens is 268 g/mol. The number of carbonyl (C=O) groups excluding carboxylic acids is 1. The molecule has 0 aromatic carbocycles. The van der Waals surface area contributed by atoms with E-state index in [1.807, 2.05) is 0 Å². The molecular formula is C8H10ClN4O3S-. The minimum Gasteiger partial charge on any atom is -0.543 e. The van der Waals surface area contributed by atoms with Gasteiger partial charge in [-0.1, -0.05) is 28.1 Å². The van der Waals surface area contributed by atoms with Gasteiger partial charge in [-0.2, -0.15) is 0 Å². The van der Waals surface area contributed by atoms with Crippen molar-refractivity contribution in [1.82, 2.24) is 4.98 Å². The van der Waals surface area contributed by atoms with Gasteiger partial charge in [0.2, 0.25) is 0 Å². The molecule has 1 rings (SSSR count). The lowest BCUT2D eigenvalue weighted by atomic mass is 10.3. The predicted molar refractivity (Wildman–Crippen MR) is 62.7 cm³/mol. The van der Waals surface area contributed by atoms with E-state index in [4.69, 9.17) is 27.9 Å². The highest BCUT2D eigenvalue weighted by Crippen LogP contribution is 2.26. The first-order valence-electron chi connectivity index (χ1n) is 4.59. The van der Waals surface area contributed by atoms with Gasteiger partial charge in [-0.15, -0.1) is 0 Å². The molecule has 0 fully saturated rings. The van der Waals surface area contributed by atoms with Gasteiger partial charge in [0.25, 0.3) is 0 Å². The Labute approximate surface area is 106 Å². The molecule has 0 unspecified atom stereocenters. The fraction of sp³-hybridized carbons (Fsp3) is 0.375. The van der Waals surface area contributed by atoms with Gasteiger partial charge in [-0.25, -0.2) is 4.98 Å². The number of aromatic nitrogens is 1. The second-order valence-corrected chi connectivity index (χ2v) is 4.51. The fourth-order valence-corrected chi connectivity index (χ4v) is 1.83. The lowest BCUT2D eigenvalue weighted by Crippen LogP contribution is -2.33. The lowest BCUT2D eigenvalue weighted by Gasteiger charge is -2.05. The molecule has 1 heterocycles. The molecule has 9 heteroatoms. The second kappa shape index (κ2) is 6.38. The normalized spacial score (nSPS) is 11.5. The van der Waals surface area contributed by atoms with Gasteiger partial charge in [-0.3, -0.25) is 0 Å². The smallest absolute Gasteiger partial charge is 0.182 e. The Kier molecular flexibility index (Phi) is 5.13. The van der Waals surface area contributed by atoms with Crippen LogP contribution in [-0.4, -0.2) is 29.8 Å². The van der Waals surface area contributed by atoms with Gasteiger partial charge in [0.05, 0.1) is 5.97 Å². The molecule has 0 saturated carbocycles. The van der Waals surface area contributed by atoms with Crippen LogP contribution >= 0.6 is 22.9 Å². The first-order valence-corrected chi connectivity index (χ1v) is 5.79. The highest BCUT2D eigenvalue weighted by molar-refractivity contribution is 7.19. The number of oxime groups is 1. The summed E-state index contributed by atoms with van der Waals surface area (Å²) in [6.07, 6.45) is 0.552. The van der Waals surface area contributed by atoms with E-state index in [9.17, 15) is 9.90 Å². The molecule has 0 aliphatic rings. The minimum absolute atomic E-state index is 0.0538. The number of hydrogen-bond donors (Lipinski definition) is 2. The maximum atomic E-state index is 10.8. The fourth-order valence-electron chi connectivity index (χ4n) is 0.898. The molecule has 0 saturated heterocycles. The van der Waals surface area contributed by atoms with Crippen LogP contribution in [0.2, 0.25) is 4.34 Å². The van der Waals surface area contributed by atoms with E-state index >= 15 is 0 Å². The van der Waals surface area contributed by atoms with Gasteiger partial charge in [0.1, 0.15) is 16.6 Å². The number of anilines is 1. The Hall–Kier alpha value is -1.38. The summed E-state index contributed by atoms with van der Waals surface area (Å²) in [5, 5.41) is 14.4. The SMILES string of the molecule is NCCCO/N=C(\C(=O)[O-])c1nc(N)sc1Cl. The van der Waals surface area contributed by atoms with Crippen LogP contribution < -0.4 is 16.6 Å². The molecule has 0 amide bonds. The molecule has 1 aromatic rings. The van der Waals surface area contributed by atoms with Crippen molar-refractivity contribution in [1.29, 1.82) is 0 Å². The molecule has 0 aliphatic heterocycles. The van der Waals surface area contributed by atoms with Gasteiger partial charge in [-0.05, 0) is 13.0 Å². The number of nitrogens with zero attached hydrogens (tertiary/aromatic N) is 2. The van der Waals surface area contributed by atoms with Gasteiger partial charge < -0.3 is 26.2 Å². The van der Waals surface area contributed by atoms with Crippen LogP contribution in [0.3, 0.4) is 0 Å². The van der Waals surface area contributed by atoms with Crippen molar-refractivity contribution in [3.63, 3.8) is 0 Å². The standard InChI is InChI=1S/C8H11ClN4O3S/c9-6-4(12-8(11)17-6)5(7(14)15)13-16-3-1-2-10/h1-3,10H2,(H2,11,12)(H,14,15)/p-1/b13-5-. The molecule has 0 aliphatic carbocycles. The summed E-state index contributed by atoms with van der Waals surface area (Å²) in [7, 11) is 0. The highest BCUT2D eigenvalue weighted by Gasteiger charge is 2.16. The van der Waals surface area contributed by atoms with Crippen LogP contribution in [0.5, 0.6) is 0 Å². The Balaban J connectivity index is 2.86. The molecule has 4 N–H and O–H groups in total. The zero-order valence-electron chi connectivity index (χ0n) is 8.68. The zero-order chi connectivity index (χ0) is 12.8. The van der Waals surface area contributed by atoms with E-state index < -0.39 is 11.7 Å². The Bertz CT molecular complexity index is 434. The van der Waals surface area contributed by atoms with E-state index in [-0.39, 0.29) is 21.8 Å². The quantitative estimate of drug-likeness (QED) is 0.398. The zero-order valence-corrected chi connectivity index (χ0v) is 10.3. The topological polar surface area (TPSA) is 127 Å². The number of carbonyl (C=O) groups is 1. The molecule has 17 heavy (non-hydrogen) atoms. The van der Waals surface area contributed by atoms with Crippen molar-refractivity contribution >= 4 is 39.8 Å². The summed E-state index contributed by atoms with van der Waals surface area (Å²) in [5.41, 5.74) is 10.1. The third-order valence-corrected chi connectivity index (χ3v) is 2.70. The lowest BCUT2D eigenvalue weighted by molar-refractivity contribution is -0.294. The van der Waals surface area contributed by atoms with E-state index in [1.54, 1.807) is 0 Å². The summed E-state index contributed by atoms with van der Waals surface area (Å²) in [6.45, 7) is 0.616. The number of nitrogens with two attached hydrogens (primary N) is 2. The summed E-state index contributed by atoms with van der Waals surface area (Å²) in [5.74, 6) is -1.54. The Morgan fingerprint density at radius 1 is 1.65 bits per heavy atom. The molecule has 7 nitrogen and oxygen atoms in total. The third kappa shape index (κ3) is 3.84. The van der Waals surface area contributed by atoms with Crippen molar-refractivity contribution in [2.75, 3.05) is 18.9 Å². The van der Waals surface area contributed by atoms with Crippen LogP contribution in [0, 0.1) is 0 Å². The summed E-state index contributed by atoms with van der Waals surface area (Å²) in [6, 6.07) is 0. The molecule has 0 atom stereocenters. The van der Waals surface area contributed by atoms with Gasteiger partial charge in [0, 0.05) is 0 Å².